The average molecular weight is 227 g/mol. The minimum Gasteiger partial charge on any atom is -0.361 e. The highest BCUT2D eigenvalue weighted by Gasteiger charge is 2.05. The number of hydrogen-bond donors (Lipinski definition) is 1. The summed E-state index contributed by atoms with van der Waals surface area (Å²) in [7, 11) is 4.16. The third kappa shape index (κ3) is 2.66. The van der Waals surface area contributed by atoms with Crippen LogP contribution in [0.15, 0.2) is 24.4 Å². The number of aromatic amines is 1. The quantitative estimate of drug-likeness (QED) is 0.871. The standard InChI is InChI=1S/C14H17N3/c1-17(2)8-6-12-10-16-14-4-3-11(5-7-15)9-13(12)14/h3-4,9-10,16H,5-6,8H2,1-2H3. The lowest BCUT2D eigenvalue weighted by Gasteiger charge is -2.08. The molecule has 2 rings (SSSR count). The number of nitrogens with zero attached hydrogens (tertiary/aromatic N) is 2. The van der Waals surface area contributed by atoms with Crippen molar-refractivity contribution < 1.29 is 0 Å². The molecule has 0 saturated carbocycles. The molecule has 0 fully saturated rings. The second-order valence-electron chi connectivity index (χ2n) is 4.58. The fourth-order valence-corrected chi connectivity index (χ4v) is 1.98. The Kier molecular flexibility index (Phi) is 3.46. The molecule has 3 heteroatoms. The highest BCUT2D eigenvalue weighted by molar-refractivity contribution is 5.84. The van der Waals surface area contributed by atoms with E-state index in [1.165, 1.54) is 10.9 Å². The number of fused-ring (bicyclic) bond motifs is 1. The molecule has 2 aromatic rings. The molecule has 1 aromatic carbocycles. The first kappa shape index (κ1) is 11.7. The molecule has 0 aliphatic heterocycles. The van der Waals surface area contributed by atoms with Gasteiger partial charge in [0.2, 0.25) is 0 Å². The zero-order valence-electron chi connectivity index (χ0n) is 10.3. The van der Waals surface area contributed by atoms with Crippen LogP contribution in [0.1, 0.15) is 11.1 Å². The summed E-state index contributed by atoms with van der Waals surface area (Å²) in [5.41, 5.74) is 3.57. The number of likely N-dealkylation sites (N-methyl/N-ethyl adjacent to an activating group) is 1. The fraction of sp³-hybridized carbons (Fsp3) is 0.357. The van der Waals surface area contributed by atoms with Crippen molar-refractivity contribution in [3.63, 3.8) is 0 Å². The Hall–Kier alpha value is -1.79. The molecule has 1 aromatic heterocycles. The smallest absolute Gasteiger partial charge is 0.0669 e. The van der Waals surface area contributed by atoms with Crippen molar-refractivity contribution in [1.82, 2.24) is 9.88 Å². The molecule has 88 valence electrons. The Balaban J connectivity index is 2.30. The van der Waals surface area contributed by atoms with Crippen LogP contribution >= 0.6 is 0 Å². The summed E-state index contributed by atoms with van der Waals surface area (Å²) >= 11 is 0. The van der Waals surface area contributed by atoms with Crippen LogP contribution in [0.3, 0.4) is 0 Å². The topological polar surface area (TPSA) is 42.8 Å². The van der Waals surface area contributed by atoms with Gasteiger partial charge in [-0.2, -0.15) is 5.26 Å². The zero-order chi connectivity index (χ0) is 12.3. The van der Waals surface area contributed by atoms with E-state index in [4.69, 9.17) is 5.26 Å². The van der Waals surface area contributed by atoms with E-state index >= 15 is 0 Å². The van der Waals surface area contributed by atoms with Crippen LogP contribution in [0, 0.1) is 11.3 Å². The van der Waals surface area contributed by atoms with Crippen molar-refractivity contribution in [1.29, 1.82) is 5.26 Å². The summed E-state index contributed by atoms with van der Waals surface area (Å²) in [6.07, 6.45) is 3.58. The lowest BCUT2D eigenvalue weighted by molar-refractivity contribution is 0.414. The predicted molar refractivity (Wildman–Crippen MR) is 69.9 cm³/mol. The minimum absolute atomic E-state index is 0.480. The highest BCUT2D eigenvalue weighted by atomic mass is 15.0. The van der Waals surface area contributed by atoms with E-state index in [1.54, 1.807) is 0 Å². The molecule has 17 heavy (non-hydrogen) atoms. The number of benzene rings is 1. The third-order valence-electron chi connectivity index (χ3n) is 2.94. The lowest BCUT2D eigenvalue weighted by atomic mass is 10.1. The van der Waals surface area contributed by atoms with Gasteiger partial charge in [0.05, 0.1) is 12.5 Å². The van der Waals surface area contributed by atoms with Crippen LogP contribution in [-0.4, -0.2) is 30.5 Å². The van der Waals surface area contributed by atoms with Crippen molar-refractivity contribution in [3.05, 3.63) is 35.5 Å². The number of rotatable bonds is 4. The summed E-state index contributed by atoms with van der Waals surface area (Å²) in [6, 6.07) is 8.39. The van der Waals surface area contributed by atoms with Gasteiger partial charge in [0, 0.05) is 23.6 Å². The van der Waals surface area contributed by atoms with Crippen molar-refractivity contribution in [2.45, 2.75) is 12.8 Å². The molecular formula is C14H17N3. The van der Waals surface area contributed by atoms with E-state index < -0.39 is 0 Å². The second kappa shape index (κ2) is 5.03. The lowest BCUT2D eigenvalue weighted by Crippen LogP contribution is -2.14. The molecule has 1 heterocycles. The second-order valence-corrected chi connectivity index (χ2v) is 4.58. The van der Waals surface area contributed by atoms with Crippen LogP contribution in [0.2, 0.25) is 0 Å². The number of nitriles is 1. The van der Waals surface area contributed by atoms with E-state index in [9.17, 15) is 0 Å². The Bertz CT molecular complexity index is 546. The summed E-state index contributed by atoms with van der Waals surface area (Å²) in [6.45, 7) is 1.04. The minimum atomic E-state index is 0.480. The molecule has 0 radical (unpaired) electrons. The first-order valence-corrected chi connectivity index (χ1v) is 5.81. The zero-order valence-corrected chi connectivity index (χ0v) is 10.3. The molecule has 3 nitrogen and oxygen atoms in total. The van der Waals surface area contributed by atoms with Crippen LogP contribution in [-0.2, 0) is 12.8 Å². The van der Waals surface area contributed by atoms with Gasteiger partial charge in [-0.05, 0) is 43.8 Å². The molecule has 0 unspecified atom stereocenters. The van der Waals surface area contributed by atoms with Gasteiger partial charge in [0.15, 0.2) is 0 Å². The Morgan fingerprint density at radius 2 is 2.18 bits per heavy atom. The van der Waals surface area contributed by atoms with Crippen LogP contribution < -0.4 is 0 Å². The monoisotopic (exact) mass is 227 g/mol. The summed E-state index contributed by atoms with van der Waals surface area (Å²) in [4.78, 5) is 5.46. The summed E-state index contributed by atoms with van der Waals surface area (Å²) in [5.74, 6) is 0. The molecule has 0 amide bonds. The van der Waals surface area contributed by atoms with E-state index in [0.717, 1.165) is 24.0 Å². The third-order valence-corrected chi connectivity index (χ3v) is 2.94. The number of H-pyrrole nitrogens is 1. The Labute approximate surface area is 102 Å². The van der Waals surface area contributed by atoms with Crippen molar-refractivity contribution in [3.8, 4) is 6.07 Å². The maximum Gasteiger partial charge on any atom is 0.0669 e. The summed E-state index contributed by atoms with van der Waals surface area (Å²) < 4.78 is 0. The normalized spacial score (nSPS) is 10.9. The molecule has 0 aliphatic rings. The molecule has 0 spiro atoms. The fourth-order valence-electron chi connectivity index (χ4n) is 1.98. The van der Waals surface area contributed by atoms with E-state index in [1.807, 2.05) is 6.07 Å². The Morgan fingerprint density at radius 1 is 1.35 bits per heavy atom. The van der Waals surface area contributed by atoms with Gasteiger partial charge in [-0.1, -0.05) is 6.07 Å². The van der Waals surface area contributed by atoms with E-state index in [2.05, 4.69) is 48.4 Å². The molecule has 0 saturated heterocycles. The predicted octanol–water partition coefficient (Wildman–Crippen LogP) is 2.34. The van der Waals surface area contributed by atoms with Crippen molar-refractivity contribution in [2.24, 2.45) is 0 Å². The van der Waals surface area contributed by atoms with E-state index in [0.29, 0.717) is 6.42 Å². The first-order valence-electron chi connectivity index (χ1n) is 5.81. The maximum atomic E-state index is 8.72. The van der Waals surface area contributed by atoms with Crippen molar-refractivity contribution >= 4 is 10.9 Å². The highest BCUT2D eigenvalue weighted by Crippen LogP contribution is 2.20. The van der Waals surface area contributed by atoms with Gasteiger partial charge in [0.1, 0.15) is 0 Å². The number of nitrogens with one attached hydrogen (secondary N) is 1. The average Bonchev–Trinajstić information content (AvgIpc) is 2.69. The number of aromatic nitrogens is 1. The van der Waals surface area contributed by atoms with Gasteiger partial charge in [-0.15, -0.1) is 0 Å². The number of hydrogen-bond acceptors (Lipinski definition) is 2. The Morgan fingerprint density at radius 3 is 2.88 bits per heavy atom. The molecule has 0 bridgehead atoms. The SMILES string of the molecule is CN(C)CCc1c[nH]c2ccc(CC#N)cc12. The molecule has 1 N–H and O–H groups in total. The van der Waals surface area contributed by atoms with Crippen LogP contribution in [0.4, 0.5) is 0 Å². The van der Waals surface area contributed by atoms with Crippen LogP contribution in [0.5, 0.6) is 0 Å². The maximum absolute atomic E-state index is 8.72. The molecule has 0 atom stereocenters. The van der Waals surface area contributed by atoms with Gasteiger partial charge < -0.3 is 9.88 Å². The van der Waals surface area contributed by atoms with E-state index in [-0.39, 0.29) is 0 Å². The molecular weight excluding hydrogens is 210 g/mol. The van der Waals surface area contributed by atoms with Gasteiger partial charge >= 0.3 is 0 Å². The molecule has 0 aliphatic carbocycles. The van der Waals surface area contributed by atoms with Crippen molar-refractivity contribution in [2.75, 3.05) is 20.6 Å². The van der Waals surface area contributed by atoms with Gasteiger partial charge in [-0.3, -0.25) is 0 Å². The van der Waals surface area contributed by atoms with Gasteiger partial charge in [0.25, 0.3) is 0 Å². The first-order chi connectivity index (χ1) is 8.20. The van der Waals surface area contributed by atoms with Gasteiger partial charge in [-0.25, -0.2) is 0 Å². The largest absolute Gasteiger partial charge is 0.361 e. The van der Waals surface area contributed by atoms with Crippen LogP contribution in [0.25, 0.3) is 10.9 Å². The summed E-state index contributed by atoms with van der Waals surface area (Å²) in [5, 5.41) is 9.97.